The Bertz CT molecular complexity index is 633. The summed E-state index contributed by atoms with van der Waals surface area (Å²) in [4.78, 5) is 12.1. The highest BCUT2D eigenvalue weighted by Gasteiger charge is 2.15. The van der Waals surface area contributed by atoms with E-state index in [1.165, 1.54) is 0 Å². The Morgan fingerprint density at radius 1 is 1.25 bits per heavy atom. The second kappa shape index (κ2) is 5.97. The van der Waals surface area contributed by atoms with Crippen molar-refractivity contribution in [2.24, 2.45) is 0 Å². The Morgan fingerprint density at radius 3 is 2.70 bits per heavy atom. The number of carbonyl (C=O) groups is 1. The summed E-state index contributed by atoms with van der Waals surface area (Å²) in [5, 5.41) is 0.302. The number of halogens is 1. The molecule has 0 bridgehead atoms. The summed E-state index contributed by atoms with van der Waals surface area (Å²) in [5.41, 5.74) is 9.48. The lowest BCUT2D eigenvalue weighted by molar-refractivity contribution is 0.0473. The van der Waals surface area contributed by atoms with E-state index in [1.807, 2.05) is 32.0 Å². The minimum atomic E-state index is -0.506. The molecule has 104 valence electrons. The molecule has 0 saturated heterocycles. The van der Waals surface area contributed by atoms with Gasteiger partial charge in [-0.3, -0.25) is 0 Å². The maximum Gasteiger partial charge on any atom is 0.342 e. The van der Waals surface area contributed by atoms with E-state index < -0.39 is 5.97 Å². The van der Waals surface area contributed by atoms with E-state index in [1.54, 1.807) is 18.2 Å². The normalized spacial score (nSPS) is 10.3. The van der Waals surface area contributed by atoms with Gasteiger partial charge >= 0.3 is 5.97 Å². The third kappa shape index (κ3) is 3.11. The lowest BCUT2D eigenvalue weighted by Crippen LogP contribution is -2.09. The van der Waals surface area contributed by atoms with Crippen molar-refractivity contribution in [1.82, 2.24) is 0 Å². The molecule has 0 saturated carbocycles. The molecule has 2 rings (SSSR count). The molecule has 0 aliphatic heterocycles. The molecule has 20 heavy (non-hydrogen) atoms. The van der Waals surface area contributed by atoms with Gasteiger partial charge < -0.3 is 10.5 Å². The Labute approximate surface area is 123 Å². The average molecular weight is 290 g/mol. The lowest BCUT2D eigenvalue weighted by Gasteiger charge is -2.10. The van der Waals surface area contributed by atoms with Crippen molar-refractivity contribution in [3.05, 3.63) is 63.7 Å². The van der Waals surface area contributed by atoms with Gasteiger partial charge in [0.05, 0.1) is 5.02 Å². The first-order valence-electron chi connectivity index (χ1n) is 6.26. The Morgan fingerprint density at radius 2 is 2.00 bits per heavy atom. The zero-order valence-electron chi connectivity index (χ0n) is 11.4. The molecule has 0 aromatic heterocycles. The largest absolute Gasteiger partial charge is 0.457 e. The molecular weight excluding hydrogens is 274 g/mol. The number of ether oxygens (including phenoxy) is 1. The smallest absolute Gasteiger partial charge is 0.342 e. The van der Waals surface area contributed by atoms with Crippen LogP contribution in [0, 0.1) is 13.8 Å². The van der Waals surface area contributed by atoms with Crippen molar-refractivity contribution in [1.29, 1.82) is 0 Å². The third-order valence-electron chi connectivity index (χ3n) is 3.11. The number of carbonyl (C=O) groups excluding carboxylic acids is 1. The van der Waals surface area contributed by atoms with Crippen molar-refractivity contribution in [3.8, 4) is 0 Å². The topological polar surface area (TPSA) is 52.3 Å². The van der Waals surface area contributed by atoms with Crippen LogP contribution in [0.15, 0.2) is 36.4 Å². The van der Waals surface area contributed by atoms with Gasteiger partial charge in [0, 0.05) is 5.69 Å². The molecule has 2 aromatic carbocycles. The van der Waals surface area contributed by atoms with Gasteiger partial charge in [0.1, 0.15) is 12.2 Å². The van der Waals surface area contributed by atoms with E-state index in [2.05, 4.69) is 0 Å². The molecule has 0 aliphatic carbocycles. The average Bonchev–Trinajstić information content (AvgIpc) is 2.39. The summed E-state index contributed by atoms with van der Waals surface area (Å²) in [6.07, 6.45) is 0. The maximum absolute atomic E-state index is 12.1. The number of anilines is 1. The summed E-state index contributed by atoms with van der Waals surface area (Å²) in [7, 11) is 0. The van der Waals surface area contributed by atoms with E-state index in [0.717, 1.165) is 16.7 Å². The van der Waals surface area contributed by atoms with Crippen molar-refractivity contribution in [3.63, 3.8) is 0 Å². The van der Waals surface area contributed by atoms with E-state index in [0.29, 0.717) is 10.7 Å². The molecule has 2 N–H and O–H groups in total. The van der Waals surface area contributed by atoms with Crippen LogP contribution >= 0.6 is 11.6 Å². The second-order valence-electron chi connectivity index (χ2n) is 4.71. The van der Waals surface area contributed by atoms with Crippen LogP contribution in [0.1, 0.15) is 27.0 Å². The number of nitrogen functional groups attached to an aromatic ring is 1. The zero-order chi connectivity index (χ0) is 14.7. The molecule has 2 aromatic rings. The first-order valence-corrected chi connectivity index (χ1v) is 6.64. The SMILES string of the molecule is Cc1ccc(C)c(COC(=O)c2c(N)cccc2Cl)c1. The molecule has 0 fully saturated rings. The number of rotatable bonds is 3. The minimum Gasteiger partial charge on any atom is -0.457 e. The molecule has 0 radical (unpaired) electrons. The summed E-state index contributed by atoms with van der Waals surface area (Å²) in [6.45, 7) is 4.18. The van der Waals surface area contributed by atoms with Crippen LogP contribution in [0.2, 0.25) is 5.02 Å². The number of hydrogen-bond donors (Lipinski definition) is 1. The molecule has 4 heteroatoms. The van der Waals surface area contributed by atoms with E-state index in [4.69, 9.17) is 22.1 Å². The lowest BCUT2D eigenvalue weighted by atomic mass is 10.1. The highest BCUT2D eigenvalue weighted by atomic mass is 35.5. The molecule has 0 unspecified atom stereocenters. The van der Waals surface area contributed by atoms with Gasteiger partial charge in [-0.1, -0.05) is 41.4 Å². The van der Waals surface area contributed by atoms with Gasteiger partial charge in [0.15, 0.2) is 0 Å². The summed E-state index contributed by atoms with van der Waals surface area (Å²) in [5.74, 6) is -0.506. The number of esters is 1. The molecular formula is C16H16ClNO2. The molecule has 0 heterocycles. The quantitative estimate of drug-likeness (QED) is 0.689. The van der Waals surface area contributed by atoms with Crippen LogP contribution in [0.5, 0.6) is 0 Å². The van der Waals surface area contributed by atoms with Crippen molar-refractivity contribution < 1.29 is 9.53 Å². The Hall–Kier alpha value is -2.00. The molecule has 3 nitrogen and oxygen atoms in total. The highest BCUT2D eigenvalue weighted by molar-refractivity contribution is 6.34. The van der Waals surface area contributed by atoms with Gasteiger partial charge in [-0.2, -0.15) is 0 Å². The van der Waals surface area contributed by atoms with Crippen LogP contribution < -0.4 is 5.73 Å². The predicted molar refractivity (Wildman–Crippen MR) is 80.9 cm³/mol. The van der Waals surface area contributed by atoms with Crippen LogP contribution in [-0.4, -0.2) is 5.97 Å². The van der Waals surface area contributed by atoms with Gasteiger partial charge in [0.2, 0.25) is 0 Å². The molecule has 0 atom stereocenters. The maximum atomic E-state index is 12.1. The fourth-order valence-corrected chi connectivity index (χ4v) is 2.19. The number of hydrogen-bond acceptors (Lipinski definition) is 3. The molecule has 0 amide bonds. The van der Waals surface area contributed by atoms with Crippen molar-refractivity contribution in [2.45, 2.75) is 20.5 Å². The van der Waals surface area contributed by atoms with Gasteiger partial charge in [0.25, 0.3) is 0 Å². The Kier molecular flexibility index (Phi) is 4.30. The minimum absolute atomic E-state index is 0.205. The van der Waals surface area contributed by atoms with Crippen molar-refractivity contribution in [2.75, 3.05) is 5.73 Å². The number of benzene rings is 2. The highest BCUT2D eigenvalue weighted by Crippen LogP contribution is 2.23. The van der Waals surface area contributed by atoms with Gasteiger partial charge in [-0.15, -0.1) is 0 Å². The summed E-state index contributed by atoms with van der Waals surface area (Å²) >= 11 is 5.98. The summed E-state index contributed by atoms with van der Waals surface area (Å²) < 4.78 is 5.31. The summed E-state index contributed by atoms with van der Waals surface area (Å²) in [6, 6.07) is 11.0. The van der Waals surface area contributed by atoms with Gasteiger partial charge in [-0.25, -0.2) is 4.79 Å². The fourth-order valence-electron chi connectivity index (χ4n) is 1.93. The van der Waals surface area contributed by atoms with E-state index in [-0.39, 0.29) is 12.2 Å². The third-order valence-corrected chi connectivity index (χ3v) is 3.43. The number of aryl methyl sites for hydroxylation is 2. The van der Waals surface area contributed by atoms with E-state index in [9.17, 15) is 4.79 Å². The first kappa shape index (κ1) is 14.4. The predicted octanol–water partition coefficient (Wildman–Crippen LogP) is 3.90. The number of nitrogens with two attached hydrogens (primary N) is 1. The van der Waals surface area contributed by atoms with Crippen LogP contribution in [-0.2, 0) is 11.3 Å². The zero-order valence-corrected chi connectivity index (χ0v) is 12.2. The van der Waals surface area contributed by atoms with Crippen molar-refractivity contribution >= 4 is 23.3 Å². The van der Waals surface area contributed by atoms with E-state index >= 15 is 0 Å². The molecule has 0 spiro atoms. The van der Waals surface area contributed by atoms with Crippen LogP contribution in [0.4, 0.5) is 5.69 Å². The van der Waals surface area contributed by atoms with Crippen LogP contribution in [0.25, 0.3) is 0 Å². The Balaban J connectivity index is 2.15. The standard InChI is InChI=1S/C16H16ClNO2/c1-10-6-7-11(2)12(8-10)9-20-16(19)15-13(17)4-3-5-14(15)18/h3-8H,9,18H2,1-2H3. The fraction of sp³-hybridized carbons (Fsp3) is 0.188. The molecule has 0 aliphatic rings. The first-order chi connectivity index (χ1) is 9.49. The van der Waals surface area contributed by atoms with Gasteiger partial charge in [-0.05, 0) is 37.1 Å². The van der Waals surface area contributed by atoms with Crippen LogP contribution in [0.3, 0.4) is 0 Å². The monoisotopic (exact) mass is 289 g/mol. The second-order valence-corrected chi connectivity index (χ2v) is 5.12.